The zero-order chi connectivity index (χ0) is 14.7. The normalized spacial score (nSPS) is 8.74. The van der Waals surface area contributed by atoms with E-state index in [1.165, 1.54) is 28.7 Å². The van der Waals surface area contributed by atoms with Crippen molar-refractivity contribution < 1.29 is 0 Å². The molecular formula is C19H28. The van der Waals surface area contributed by atoms with Crippen LogP contribution in [0.2, 0.25) is 0 Å². The van der Waals surface area contributed by atoms with Gasteiger partial charge in [0.2, 0.25) is 0 Å². The van der Waals surface area contributed by atoms with Crippen LogP contribution >= 0.6 is 0 Å². The highest BCUT2D eigenvalue weighted by atomic mass is 14.0. The third kappa shape index (κ3) is 6.24. The van der Waals surface area contributed by atoms with Gasteiger partial charge in [0.05, 0.1) is 0 Å². The van der Waals surface area contributed by atoms with Gasteiger partial charge in [0.1, 0.15) is 0 Å². The van der Waals surface area contributed by atoms with Crippen LogP contribution in [0.3, 0.4) is 0 Å². The van der Waals surface area contributed by atoms with Crippen LogP contribution in [0, 0.1) is 13.8 Å². The van der Waals surface area contributed by atoms with Gasteiger partial charge in [-0.25, -0.2) is 0 Å². The molecular weight excluding hydrogens is 228 g/mol. The van der Waals surface area contributed by atoms with Crippen LogP contribution in [0.4, 0.5) is 0 Å². The van der Waals surface area contributed by atoms with E-state index < -0.39 is 0 Å². The molecule has 0 amide bonds. The summed E-state index contributed by atoms with van der Waals surface area (Å²) in [4.78, 5) is 0. The molecule has 2 aromatic carbocycles. The van der Waals surface area contributed by atoms with E-state index in [1.807, 2.05) is 13.8 Å². The molecule has 0 aliphatic heterocycles. The van der Waals surface area contributed by atoms with Gasteiger partial charge in [0, 0.05) is 0 Å². The van der Waals surface area contributed by atoms with E-state index in [-0.39, 0.29) is 0 Å². The molecule has 0 fully saturated rings. The van der Waals surface area contributed by atoms with E-state index in [1.54, 1.807) is 0 Å². The fraction of sp³-hybridized carbons (Fsp3) is 0.368. The van der Waals surface area contributed by atoms with Crippen LogP contribution in [0.5, 0.6) is 0 Å². The topological polar surface area (TPSA) is 0 Å². The molecule has 0 bridgehead atoms. The zero-order valence-electron chi connectivity index (χ0n) is 13.3. The fourth-order valence-corrected chi connectivity index (χ4v) is 1.66. The zero-order valence-corrected chi connectivity index (χ0v) is 13.3. The van der Waals surface area contributed by atoms with E-state index in [0.717, 1.165) is 0 Å². The van der Waals surface area contributed by atoms with Gasteiger partial charge >= 0.3 is 0 Å². The van der Waals surface area contributed by atoms with Gasteiger partial charge < -0.3 is 0 Å². The summed E-state index contributed by atoms with van der Waals surface area (Å²) in [6.45, 7) is 12.5. The van der Waals surface area contributed by atoms with Crippen molar-refractivity contribution in [3.63, 3.8) is 0 Å². The number of benzene rings is 2. The Hall–Kier alpha value is -1.56. The van der Waals surface area contributed by atoms with Gasteiger partial charge in [-0.15, -0.1) is 0 Å². The quantitative estimate of drug-likeness (QED) is 0.552. The summed E-state index contributed by atoms with van der Waals surface area (Å²) in [5.74, 6) is 0. The van der Waals surface area contributed by atoms with Gasteiger partial charge in [0.25, 0.3) is 0 Å². The molecule has 19 heavy (non-hydrogen) atoms. The van der Waals surface area contributed by atoms with Crippen molar-refractivity contribution in [1.29, 1.82) is 0 Å². The second-order valence-corrected chi connectivity index (χ2v) is 4.39. The standard InChI is InChI=1S/C14H14.C3H8.C2H6/c1-11-8-9-12(2)14(10-11)13-6-4-3-5-7-13;1-3-2;1-2/h3-10H,1-2H3;3H2,1-2H3;1-2H3. The summed E-state index contributed by atoms with van der Waals surface area (Å²) < 4.78 is 0. The van der Waals surface area contributed by atoms with Gasteiger partial charge in [-0.05, 0) is 30.5 Å². The van der Waals surface area contributed by atoms with E-state index >= 15 is 0 Å². The third-order valence-corrected chi connectivity index (χ3v) is 2.48. The van der Waals surface area contributed by atoms with Crippen LogP contribution in [0.1, 0.15) is 45.2 Å². The predicted molar refractivity (Wildman–Crippen MR) is 88.7 cm³/mol. The van der Waals surface area contributed by atoms with Crippen molar-refractivity contribution in [3.05, 3.63) is 59.7 Å². The molecule has 2 aromatic rings. The largest absolute Gasteiger partial charge is 0.0683 e. The highest BCUT2D eigenvalue weighted by molar-refractivity contribution is 5.67. The molecule has 2 rings (SSSR count). The third-order valence-electron chi connectivity index (χ3n) is 2.48. The lowest BCUT2D eigenvalue weighted by molar-refractivity contribution is 1.09. The molecule has 0 nitrogen and oxygen atoms in total. The molecule has 0 aromatic heterocycles. The minimum absolute atomic E-state index is 1.25. The Morgan fingerprint density at radius 1 is 0.789 bits per heavy atom. The maximum atomic E-state index is 2.24. The predicted octanol–water partition coefficient (Wildman–Crippen LogP) is 6.41. The van der Waals surface area contributed by atoms with Gasteiger partial charge in [-0.2, -0.15) is 0 Å². The van der Waals surface area contributed by atoms with Gasteiger partial charge in [-0.1, -0.05) is 88.2 Å². The molecule has 0 saturated carbocycles. The molecule has 0 heteroatoms. The van der Waals surface area contributed by atoms with Crippen molar-refractivity contribution in [1.82, 2.24) is 0 Å². The first-order valence-corrected chi connectivity index (χ1v) is 7.31. The smallest absolute Gasteiger partial charge is 0.0152 e. The summed E-state index contributed by atoms with van der Waals surface area (Å²) >= 11 is 0. The summed E-state index contributed by atoms with van der Waals surface area (Å²) in [5.41, 5.74) is 5.29. The van der Waals surface area contributed by atoms with Crippen LogP contribution < -0.4 is 0 Å². The average Bonchev–Trinajstić information content (AvgIpc) is 2.45. The maximum absolute atomic E-state index is 2.24. The molecule has 0 aliphatic rings. The van der Waals surface area contributed by atoms with E-state index in [2.05, 4.69) is 76.2 Å². The first-order chi connectivity index (χ1) is 9.19. The second kappa shape index (κ2) is 10.4. The lowest BCUT2D eigenvalue weighted by atomic mass is 9.99. The molecule has 0 spiro atoms. The van der Waals surface area contributed by atoms with E-state index in [4.69, 9.17) is 0 Å². The summed E-state index contributed by atoms with van der Waals surface area (Å²) in [6, 6.07) is 17.1. The van der Waals surface area contributed by atoms with Crippen molar-refractivity contribution in [3.8, 4) is 11.1 Å². The molecule has 0 heterocycles. The number of hydrogen-bond donors (Lipinski definition) is 0. The average molecular weight is 256 g/mol. The Morgan fingerprint density at radius 3 is 1.84 bits per heavy atom. The molecule has 104 valence electrons. The molecule has 0 radical (unpaired) electrons. The number of hydrogen-bond acceptors (Lipinski definition) is 0. The van der Waals surface area contributed by atoms with Crippen LogP contribution in [0.25, 0.3) is 11.1 Å². The Bertz CT molecular complexity index is 441. The highest BCUT2D eigenvalue weighted by Crippen LogP contribution is 2.23. The van der Waals surface area contributed by atoms with Crippen LogP contribution in [0.15, 0.2) is 48.5 Å². The molecule has 0 aliphatic carbocycles. The number of rotatable bonds is 1. The second-order valence-electron chi connectivity index (χ2n) is 4.39. The summed E-state index contributed by atoms with van der Waals surface area (Å²) in [7, 11) is 0. The minimum atomic E-state index is 1.25. The van der Waals surface area contributed by atoms with Crippen LogP contribution in [-0.2, 0) is 0 Å². The van der Waals surface area contributed by atoms with Crippen molar-refractivity contribution in [2.45, 2.75) is 48.0 Å². The Kier molecular flexibility index (Phi) is 9.52. The van der Waals surface area contributed by atoms with Crippen molar-refractivity contribution in [2.75, 3.05) is 0 Å². The SMILES string of the molecule is CC.CCC.Cc1ccc(C)c(-c2ccccc2)c1. The van der Waals surface area contributed by atoms with E-state index in [0.29, 0.717) is 0 Å². The first kappa shape index (κ1) is 17.4. The highest BCUT2D eigenvalue weighted by Gasteiger charge is 2.00. The monoisotopic (exact) mass is 256 g/mol. The van der Waals surface area contributed by atoms with Crippen LogP contribution in [-0.4, -0.2) is 0 Å². The van der Waals surface area contributed by atoms with Crippen molar-refractivity contribution >= 4 is 0 Å². The molecule has 0 saturated heterocycles. The minimum Gasteiger partial charge on any atom is -0.0683 e. The van der Waals surface area contributed by atoms with Crippen molar-refractivity contribution in [2.24, 2.45) is 0 Å². The summed E-state index contributed by atoms with van der Waals surface area (Å²) in [5, 5.41) is 0. The van der Waals surface area contributed by atoms with Gasteiger partial charge in [-0.3, -0.25) is 0 Å². The number of aryl methyl sites for hydroxylation is 2. The molecule has 0 N–H and O–H groups in total. The van der Waals surface area contributed by atoms with E-state index in [9.17, 15) is 0 Å². The Morgan fingerprint density at radius 2 is 1.32 bits per heavy atom. The lowest BCUT2D eigenvalue weighted by Gasteiger charge is -2.06. The Labute approximate surface area is 119 Å². The molecule has 0 unspecified atom stereocenters. The van der Waals surface area contributed by atoms with Gasteiger partial charge in [0.15, 0.2) is 0 Å². The lowest BCUT2D eigenvalue weighted by Crippen LogP contribution is -1.83. The Balaban J connectivity index is 0.000000573. The molecule has 0 atom stereocenters. The summed E-state index contributed by atoms with van der Waals surface area (Å²) in [6.07, 6.45) is 1.25. The maximum Gasteiger partial charge on any atom is -0.0152 e. The fourth-order valence-electron chi connectivity index (χ4n) is 1.66. The first-order valence-electron chi connectivity index (χ1n) is 7.31.